The van der Waals surface area contributed by atoms with Gasteiger partial charge in [0.15, 0.2) is 0 Å². The molecule has 1 N–H and O–H groups in total. The van der Waals surface area contributed by atoms with E-state index in [1.54, 1.807) is 0 Å². The van der Waals surface area contributed by atoms with Crippen LogP contribution in [0.4, 0.5) is 0 Å². The van der Waals surface area contributed by atoms with E-state index in [1.165, 1.54) is 14.0 Å². The van der Waals surface area contributed by atoms with Crippen molar-refractivity contribution in [2.75, 3.05) is 7.11 Å². The Morgan fingerprint density at radius 2 is 2.07 bits per heavy atom. The molecule has 1 rings (SSSR count). The van der Waals surface area contributed by atoms with E-state index in [2.05, 4.69) is 4.98 Å². The first kappa shape index (κ1) is 11.0. The van der Waals surface area contributed by atoms with Gasteiger partial charge in [-0.25, -0.2) is 8.42 Å². The Morgan fingerprint density at radius 1 is 1.50 bits per heavy atom. The van der Waals surface area contributed by atoms with Crippen LogP contribution in [0.5, 0.6) is 5.88 Å². The highest BCUT2D eigenvalue weighted by atomic mass is 35.7. The molecule has 0 aliphatic rings. The molecule has 0 aromatic carbocycles. The average molecular weight is 239 g/mol. The monoisotopic (exact) mass is 238 g/mol. The van der Waals surface area contributed by atoms with E-state index >= 15 is 0 Å². The number of ether oxygens (including phenoxy) is 1. The van der Waals surface area contributed by atoms with Crippen LogP contribution in [0.15, 0.2) is 9.95 Å². The molecule has 1 aromatic heterocycles. The number of halogens is 1. The third-order valence-corrected chi connectivity index (χ3v) is 2.60. The van der Waals surface area contributed by atoms with Gasteiger partial charge in [0, 0.05) is 10.7 Å². The van der Waals surface area contributed by atoms with Crippen molar-refractivity contribution >= 4 is 19.7 Å². The molecule has 0 spiro atoms. The maximum absolute atomic E-state index is 11.2. The van der Waals surface area contributed by atoms with Crippen molar-refractivity contribution in [1.29, 1.82) is 0 Å². The summed E-state index contributed by atoms with van der Waals surface area (Å²) in [7, 11) is 2.22. The lowest BCUT2D eigenvalue weighted by atomic mass is 10.4. The second-order valence-electron chi connectivity index (χ2n) is 2.44. The van der Waals surface area contributed by atoms with E-state index in [-0.39, 0.29) is 11.4 Å². The molecule has 0 radical (unpaired) electrons. The molecule has 0 fully saturated rings. The van der Waals surface area contributed by atoms with Crippen molar-refractivity contribution in [3.05, 3.63) is 15.9 Å². The lowest BCUT2D eigenvalue weighted by Crippen LogP contribution is -2.16. The maximum atomic E-state index is 11.2. The van der Waals surface area contributed by atoms with Crippen molar-refractivity contribution in [3.63, 3.8) is 0 Å². The van der Waals surface area contributed by atoms with Crippen LogP contribution in [0.1, 0.15) is 5.56 Å². The van der Waals surface area contributed by atoms with Crippen molar-refractivity contribution in [2.45, 2.75) is 12.1 Å². The molecule has 0 atom stereocenters. The zero-order valence-corrected chi connectivity index (χ0v) is 8.94. The Kier molecular flexibility index (Phi) is 2.81. The number of nitrogens with one attached hydrogen (secondary N) is 1. The summed E-state index contributed by atoms with van der Waals surface area (Å²) in [6.07, 6.45) is 0. The summed E-state index contributed by atoms with van der Waals surface area (Å²) in [4.78, 5) is 16.7. The fourth-order valence-corrected chi connectivity index (χ4v) is 1.43. The predicted molar refractivity (Wildman–Crippen MR) is 49.2 cm³/mol. The van der Waals surface area contributed by atoms with Crippen LogP contribution >= 0.6 is 10.7 Å². The Labute approximate surface area is 84.3 Å². The van der Waals surface area contributed by atoms with E-state index in [1.807, 2.05) is 4.98 Å². The fourth-order valence-electron chi connectivity index (χ4n) is 0.806. The number of aromatic nitrogens is 2. The minimum atomic E-state index is -4.05. The molecule has 6 nitrogen and oxygen atoms in total. The summed E-state index contributed by atoms with van der Waals surface area (Å²) in [5.74, 6) is -0.0621. The highest BCUT2D eigenvalue weighted by molar-refractivity contribution is 8.13. The number of hydrogen-bond acceptors (Lipinski definition) is 5. The number of H-pyrrole nitrogens is 1. The van der Waals surface area contributed by atoms with Gasteiger partial charge in [-0.15, -0.1) is 0 Å². The first-order valence-electron chi connectivity index (χ1n) is 3.46. The lowest BCUT2D eigenvalue weighted by molar-refractivity contribution is 0.386. The van der Waals surface area contributed by atoms with Crippen LogP contribution in [0, 0.1) is 6.92 Å². The van der Waals surface area contributed by atoms with Crippen LogP contribution in [0.25, 0.3) is 0 Å². The van der Waals surface area contributed by atoms with Crippen molar-refractivity contribution in [3.8, 4) is 5.88 Å². The zero-order chi connectivity index (χ0) is 10.9. The number of nitrogens with zero attached hydrogens (tertiary/aromatic N) is 1. The molecule has 8 heteroatoms. The minimum Gasteiger partial charge on any atom is -0.481 e. The number of aromatic amines is 1. The molecule has 0 amide bonds. The number of hydrogen-bond donors (Lipinski definition) is 1. The van der Waals surface area contributed by atoms with Gasteiger partial charge in [-0.2, -0.15) is 4.98 Å². The fraction of sp³-hybridized carbons (Fsp3) is 0.333. The highest BCUT2D eigenvalue weighted by Crippen LogP contribution is 2.13. The van der Waals surface area contributed by atoms with E-state index in [9.17, 15) is 13.2 Å². The summed E-state index contributed by atoms with van der Waals surface area (Å²) >= 11 is 0. The van der Waals surface area contributed by atoms with Crippen molar-refractivity contribution in [1.82, 2.24) is 9.97 Å². The number of rotatable bonds is 2. The topological polar surface area (TPSA) is 89.1 Å². The molecule has 0 unspecified atom stereocenters. The van der Waals surface area contributed by atoms with Crippen LogP contribution in [0.3, 0.4) is 0 Å². The van der Waals surface area contributed by atoms with Gasteiger partial charge in [-0.05, 0) is 6.92 Å². The van der Waals surface area contributed by atoms with E-state index in [4.69, 9.17) is 15.4 Å². The van der Waals surface area contributed by atoms with Gasteiger partial charge in [-0.1, -0.05) is 0 Å². The second kappa shape index (κ2) is 3.58. The van der Waals surface area contributed by atoms with Crippen molar-refractivity contribution in [2.24, 2.45) is 0 Å². The standard InChI is InChI=1S/C6H7ClN2O4S/c1-3-4(10)8-6(14(7,11)12)9-5(3)13-2/h1-2H3,(H,8,9,10). The quantitative estimate of drug-likeness (QED) is 0.579. The molecule has 0 aliphatic heterocycles. The molecular weight excluding hydrogens is 232 g/mol. The van der Waals surface area contributed by atoms with Gasteiger partial charge >= 0.3 is 0 Å². The first-order chi connectivity index (χ1) is 6.36. The first-order valence-corrected chi connectivity index (χ1v) is 5.76. The Balaban J connectivity index is 3.54. The second-order valence-corrected chi connectivity index (χ2v) is 4.92. The third kappa shape index (κ3) is 2.05. The highest BCUT2D eigenvalue weighted by Gasteiger charge is 2.17. The van der Waals surface area contributed by atoms with Crippen LogP contribution < -0.4 is 10.3 Å². The van der Waals surface area contributed by atoms with Crippen LogP contribution in [-0.2, 0) is 9.05 Å². The van der Waals surface area contributed by atoms with Crippen molar-refractivity contribution < 1.29 is 13.2 Å². The van der Waals surface area contributed by atoms with Gasteiger partial charge in [0.2, 0.25) is 11.0 Å². The Bertz CT molecular complexity index is 507. The SMILES string of the molecule is COc1nc(S(=O)(=O)Cl)[nH]c(=O)c1C. The summed E-state index contributed by atoms with van der Waals surface area (Å²) < 4.78 is 26.4. The summed E-state index contributed by atoms with van der Waals surface area (Å²) in [6, 6.07) is 0. The van der Waals surface area contributed by atoms with Gasteiger partial charge < -0.3 is 4.74 Å². The third-order valence-electron chi connectivity index (χ3n) is 1.51. The smallest absolute Gasteiger partial charge is 0.295 e. The Morgan fingerprint density at radius 3 is 2.50 bits per heavy atom. The van der Waals surface area contributed by atoms with E-state index in [0.29, 0.717) is 0 Å². The summed E-state index contributed by atoms with van der Waals surface area (Å²) in [5.41, 5.74) is -0.410. The average Bonchev–Trinajstić information content (AvgIpc) is 2.07. The molecule has 14 heavy (non-hydrogen) atoms. The minimum absolute atomic E-state index is 0.0621. The molecule has 0 aliphatic carbocycles. The zero-order valence-electron chi connectivity index (χ0n) is 7.37. The van der Waals surface area contributed by atoms with E-state index < -0.39 is 19.8 Å². The van der Waals surface area contributed by atoms with Crippen LogP contribution in [-0.4, -0.2) is 25.5 Å². The largest absolute Gasteiger partial charge is 0.481 e. The van der Waals surface area contributed by atoms with Gasteiger partial charge in [0.05, 0.1) is 12.7 Å². The Hall–Kier alpha value is -1.08. The van der Waals surface area contributed by atoms with Gasteiger partial charge in [0.25, 0.3) is 14.6 Å². The van der Waals surface area contributed by atoms with Gasteiger partial charge in [0.1, 0.15) is 0 Å². The maximum Gasteiger partial charge on any atom is 0.295 e. The normalized spacial score (nSPS) is 11.4. The molecule has 0 saturated carbocycles. The molecule has 0 bridgehead atoms. The number of methoxy groups -OCH3 is 1. The van der Waals surface area contributed by atoms with Crippen LogP contribution in [0.2, 0.25) is 0 Å². The lowest BCUT2D eigenvalue weighted by Gasteiger charge is -2.02. The van der Waals surface area contributed by atoms with E-state index in [0.717, 1.165) is 0 Å². The molecular formula is C6H7ClN2O4S. The molecule has 78 valence electrons. The predicted octanol–water partition coefficient (Wildman–Crippen LogP) is 0.0144. The van der Waals surface area contributed by atoms with Gasteiger partial charge in [-0.3, -0.25) is 9.78 Å². The molecule has 1 aromatic rings. The summed E-state index contributed by atoms with van der Waals surface area (Å²) in [6.45, 7) is 1.45. The summed E-state index contributed by atoms with van der Waals surface area (Å²) in [5, 5.41) is -0.619. The molecule has 1 heterocycles. The molecule has 0 saturated heterocycles.